The molecule has 40 heavy (non-hydrogen) atoms. The van der Waals surface area contributed by atoms with Crippen LogP contribution in [-0.2, 0) is 38.0 Å². The van der Waals surface area contributed by atoms with Crippen LogP contribution in [0.4, 0.5) is 18.4 Å². The third-order valence-corrected chi connectivity index (χ3v) is 7.52. The van der Waals surface area contributed by atoms with Gasteiger partial charge in [0.1, 0.15) is 5.54 Å². The molecule has 0 radical (unpaired) electrons. The van der Waals surface area contributed by atoms with E-state index in [0.29, 0.717) is 4.90 Å². The van der Waals surface area contributed by atoms with Gasteiger partial charge in [-0.15, -0.1) is 11.8 Å². The van der Waals surface area contributed by atoms with Crippen LogP contribution in [0.5, 0.6) is 0 Å². The summed E-state index contributed by atoms with van der Waals surface area (Å²) < 4.78 is 55.9. The maximum atomic E-state index is 13.7. The molecule has 6 atom stereocenters. The van der Waals surface area contributed by atoms with Crippen LogP contribution in [0.25, 0.3) is 0 Å². The normalized spacial score (nSPS) is 26.6. The van der Waals surface area contributed by atoms with Gasteiger partial charge in [0, 0.05) is 28.4 Å². The quantitative estimate of drug-likeness (QED) is 0.167. The van der Waals surface area contributed by atoms with E-state index >= 15 is 0 Å². The van der Waals surface area contributed by atoms with Crippen LogP contribution in [0.3, 0.4) is 0 Å². The Balaban J connectivity index is 1.70. The number of hydrogen-bond donors (Lipinski definition) is 2. The number of fused-ring (bicyclic) bond motifs is 1. The lowest BCUT2D eigenvalue weighted by atomic mass is 9.81. The number of halogens is 2. The summed E-state index contributed by atoms with van der Waals surface area (Å²) in [6, 6.07) is 3.21. The lowest BCUT2D eigenvalue weighted by Crippen LogP contribution is -2.59. The van der Waals surface area contributed by atoms with E-state index in [0.717, 1.165) is 23.9 Å². The van der Waals surface area contributed by atoms with Crippen LogP contribution >= 0.6 is 11.8 Å². The Bertz CT molecular complexity index is 1120. The zero-order valence-corrected chi connectivity index (χ0v) is 23.0. The molecular formula is C25H31F2NO11S. The van der Waals surface area contributed by atoms with Gasteiger partial charge >= 0.3 is 24.2 Å². The van der Waals surface area contributed by atoms with Crippen LogP contribution < -0.4 is 5.73 Å². The fourth-order valence-corrected chi connectivity index (χ4v) is 5.89. The number of benzene rings is 1. The zero-order chi connectivity index (χ0) is 29.8. The van der Waals surface area contributed by atoms with E-state index in [1.54, 1.807) is 27.7 Å². The number of aliphatic hydroxyl groups is 1. The molecule has 12 nitrogen and oxygen atoms in total. The predicted octanol–water partition coefficient (Wildman–Crippen LogP) is 2.73. The van der Waals surface area contributed by atoms with E-state index in [1.165, 1.54) is 6.07 Å². The van der Waals surface area contributed by atoms with Gasteiger partial charge in [0.15, 0.2) is 11.6 Å². The van der Waals surface area contributed by atoms with E-state index in [4.69, 9.17) is 29.4 Å². The number of carbonyl (C=O) groups is 4. The maximum Gasteiger partial charge on any atom is 0.511 e. The molecular weight excluding hydrogens is 560 g/mol. The van der Waals surface area contributed by atoms with Crippen molar-refractivity contribution in [3.8, 4) is 0 Å². The Kier molecular flexibility index (Phi) is 10.2. The number of nitrogens with two attached hydrogens (primary N) is 1. The minimum absolute atomic E-state index is 0.0347. The molecule has 1 aromatic carbocycles. The number of ether oxygens (including phenoxy) is 6. The summed E-state index contributed by atoms with van der Waals surface area (Å²) >= 11 is 1.01. The molecule has 0 heterocycles. The van der Waals surface area contributed by atoms with Crippen LogP contribution in [0.2, 0.25) is 0 Å². The molecule has 0 saturated heterocycles. The van der Waals surface area contributed by atoms with Gasteiger partial charge in [-0.25, -0.2) is 23.2 Å². The minimum Gasteiger partial charge on any atom is -0.431 e. The van der Waals surface area contributed by atoms with Gasteiger partial charge in [-0.3, -0.25) is 4.79 Å². The number of hydrogen-bond acceptors (Lipinski definition) is 13. The lowest BCUT2D eigenvalue weighted by molar-refractivity contribution is -0.165. The Morgan fingerprint density at radius 1 is 0.950 bits per heavy atom. The number of carbonyl (C=O) groups excluding carboxylic acids is 4. The summed E-state index contributed by atoms with van der Waals surface area (Å²) in [5.74, 6) is -7.89. The first-order chi connectivity index (χ1) is 18.8. The molecule has 3 rings (SSSR count). The van der Waals surface area contributed by atoms with E-state index in [1.807, 2.05) is 0 Å². The summed E-state index contributed by atoms with van der Waals surface area (Å²) in [6.07, 6.45) is -4.38. The van der Waals surface area contributed by atoms with Gasteiger partial charge in [0.2, 0.25) is 13.6 Å². The lowest BCUT2D eigenvalue weighted by Gasteiger charge is -2.34. The van der Waals surface area contributed by atoms with Crippen molar-refractivity contribution in [2.24, 2.45) is 29.4 Å². The highest BCUT2D eigenvalue weighted by Crippen LogP contribution is 2.64. The largest absolute Gasteiger partial charge is 0.511 e. The van der Waals surface area contributed by atoms with Crippen LogP contribution in [-0.4, -0.2) is 72.5 Å². The van der Waals surface area contributed by atoms with Crippen molar-refractivity contribution >= 4 is 36.0 Å². The van der Waals surface area contributed by atoms with Gasteiger partial charge in [0.25, 0.3) is 0 Å². The van der Waals surface area contributed by atoms with Crippen LogP contribution in [0.15, 0.2) is 23.1 Å². The first kappa shape index (κ1) is 31.4. The van der Waals surface area contributed by atoms with Gasteiger partial charge in [0.05, 0.1) is 24.2 Å². The number of aliphatic hydroxyl groups excluding tert-OH is 1. The number of rotatable bonds is 11. The van der Waals surface area contributed by atoms with Crippen molar-refractivity contribution in [2.75, 3.05) is 19.3 Å². The molecule has 2 aliphatic rings. The minimum atomic E-state index is -1.96. The molecule has 2 aliphatic carbocycles. The molecule has 0 unspecified atom stereocenters. The molecule has 2 saturated carbocycles. The van der Waals surface area contributed by atoms with Crippen molar-refractivity contribution in [3.05, 3.63) is 29.8 Å². The Morgan fingerprint density at radius 3 is 2.08 bits per heavy atom. The fraction of sp³-hybridized carbons (Fsp3) is 0.600. The smallest absolute Gasteiger partial charge is 0.431 e. The maximum absolute atomic E-state index is 13.7. The van der Waals surface area contributed by atoms with Gasteiger partial charge in [-0.2, -0.15) is 0 Å². The number of thioether (sulfide) groups is 1. The highest BCUT2D eigenvalue weighted by atomic mass is 32.2. The molecule has 0 bridgehead atoms. The summed E-state index contributed by atoms with van der Waals surface area (Å²) in [6.45, 7) is 4.75. The monoisotopic (exact) mass is 591 g/mol. The third-order valence-electron chi connectivity index (χ3n) is 6.40. The Morgan fingerprint density at radius 2 is 1.52 bits per heavy atom. The first-order valence-electron chi connectivity index (χ1n) is 12.3. The van der Waals surface area contributed by atoms with E-state index in [2.05, 4.69) is 4.74 Å². The van der Waals surface area contributed by atoms with E-state index in [9.17, 15) is 33.1 Å². The Hall–Kier alpha value is -3.17. The SMILES string of the molecule is CC(C)OC(=O)OCOC(=O)[C@H]1[C@@H]2[C@H](O)[C@@H](CSc3ccc(F)c(F)c3)[C@@](N)(C(=O)OCOC(=O)OC(C)C)[C@H]12. The van der Waals surface area contributed by atoms with Crippen molar-refractivity contribution in [1.82, 2.24) is 0 Å². The Labute approximate surface area is 232 Å². The number of esters is 2. The zero-order valence-electron chi connectivity index (χ0n) is 22.2. The van der Waals surface area contributed by atoms with Crippen molar-refractivity contribution in [2.45, 2.75) is 56.4 Å². The standard InChI is InChI=1S/C25H31F2NO11S/c1-11(2)38-23(32)36-9-34-21(30)18-17-19(18)25(28,22(31)35-10-37-24(33)39-12(3)4)14(20(17)29)8-40-13-5-6-15(26)16(27)7-13/h5-7,11-12,14,17-20,29H,8-10,28H2,1-4H3/t14-,17+,18+,19+,20-,25+/m1/s1. The second kappa shape index (κ2) is 13.0. The third kappa shape index (κ3) is 7.12. The van der Waals surface area contributed by atoms with Crippen molar-refractivity contribution in [1.29, 1.82) is 0 Å². The first-order valence-corrected chi connectivity index (χ1v) is 13.3. The second-order valence-corrected chi connectivity index (χ2v) is 10.9. The molecule has 0 amide bonds. The molecule has 0 aromatic heterocycles. The fourth-order valence-electron chi connectivity index (χ4n) is 4.69. The highest BCUT2D eigenvalue weighted by Gasteiger charge is 2.78. The molecule has 1 aromatic rings. The average Bonchev–Trinajstić information content (AvgIpc) is 3.56. The van der Waals surface area contributed by atoms with Crippen molar-refractivity contribution < 1.29 is 61.5 Å². The molecule has 222 valence electrons. The van der Waals surface area contributed by atoms with Crippen molar-refractivity contribution in [3.63, 3.8) is 0 Å². The van der Waals surface area contributed by atoms with E-state index in [-0.39, 0.29) is 5.75 Å². The molecule has 15 heteroatoms. The van der Waals surface area contributed by atoms with Gasteiger partial charge in [-0.1, -0.05) is 0 Å². The summed E-state index contributed by atoms with van der Waals surface area (Å²) in [4.78, 5) is 49.3. The molecule has 3 N–H and O–H groups in total. The van der Waals surface area contributed by atoms with Gasteiger partial charge in [-0.05, 0) is 45.9 Å². The van der Waals surface area contributed by atoms with Crippen LogP contribution in [0, 0.1) is 35.3 Å². The summed E-state index contributed by atoms with van der Waals surface area (Å²) in [7, 11) is 0. The molecule has 0 spiro atoms. The highest BCUT2D eigenvalue weighted by molar-refractivity contribution is 7.99. The molecule has 0 aliphatic heterocycles. The van der Waals surface area contributed by atoms with Crippen LogP contribution in [0.1, 0.15) is 27.7 Å². The summed E-state index contributed by atoms with van der Waals surface area (Å²) in [5.41, 5.74) is 4.58. The predicted molar refractivity (Wildman–Crippen MR) is 131 cm³/mol. The second-order valence-electron chi connectivity index (χ2n) is 9.80. The van der Waals surface area contributed by atoms with E-state index < -0.39 is 97.0 Å². The summed E-state index contributed by atoms with van der Waals surface area (Å²) in [5, 5.41) is 11.1. The van der Waals surface area contributed by atoms with Gasteiger partial charge < -0.3 is 39.3 Å². The molecule has 2 fully saturated rings. The topological polar surface area (TPSA) is 170 Å². The average molecular weight is 592 g/mol.